The van der Waals surface area contributed by atoms with Crippen LogP contribution in [0.15, 0.2) is 30.3 Å². The maximum Gasteiger partial charge on any atom is 0.326 e. The van der Waals surface area contributed by atoms with Crippen molar-refractivity contribution < 1.29 is 29.4 Å². The van der Waals surface area contributed by atoms with Gasteiger partial charge in [0, 0.05) is 6.42 Å². The molecule has 12 heteroatoms. The number of carboxylic acids is 1. The van der Waals surface area contributed by atoms with Gasteiger partial charge < -0.3 is 31.9 Å². The monoisotopic (exact) mass is 528 g/mol. The van der Waals surface area contributed by atoms with Gasteiger partial charge in [-0.05, 0) is 49.3 Å². The minimum atomic E-state index is -1.42. The van der Waals surface area contributed by atoms with Gasteiger partial charge in [-0.2, -0.15) is 23.5 Å². The van der Waals surface area contributed by atoms with E-state index in [0.717, 1.165) is 0 Å². The fraction of sp³-hybridized carbons (Fsp3) is 0.565. The number of hydrogen-bond acceptors (Lipinski definition) is 8. The molecule has 0 aliphatic heterocycles. The van der Waals surface area contributed by atoms with Crippen LogP contribution in [0.2, 0.25) is 0 Å². The van der Waals surface area contributed by atoms with Crippen LogP contribution in [0.5, 0.6) is 0 Å². The van der Waals surface area contributed by atoms with Gasteiger partial charge in [-0.15, -0.1) is 0 Å². The number of aliphatic carboxylic acids is 1. The molecular formula is C23H36N4O6S2. The minimum absolute atomic E-state index is 0.0305. The number of hydrogen-bond donors (Lipinski definition) is 6. The molecule has 196 valence electrons. The van der Waals surface area contributed by atoms with E-state index in [1.54, 1.807) is 42.1 Å². The fourth-order valence-corrected chi connectivity index (χ4v) is 4.09. The third-order valence-electron chi connectivity index (χ3n) is 5.17. The van der Waals surface area contributed by atoms with Crippen molar-refractivity contribution in [2.75, 3.05) is 24.0 Å². The summed E-state index contributed by atoms with van der Waals surface area (Å²) in [7, 11) is 0. The van der Waals surface area contributed by atoms with E-state index in [2.05, 4.69) is 16.0 Å². The Bertz CT molecular complexity index is 827. The molecule has 3 amide bonds. The second-order valence-corrected chi connectivity index (χ2v) is 10.0. The molecule has 1 rings (SSSR count). The lowest BCUT2D eigenvalue weighted by molar-refractivity contribution is -0.143. The summed E-state index contributed by atoms with van der Waals surface area (Å²) >= 11 is 3.03. The van der Waals surface area contributed by atoms with Gasteiger partial charge >= 0.3 is 5.97 Å². The van der Waals surface area contributed by atoms with Crippen LogP contribution in [0.4, 0.5) is 0 Å². The molecule has 35 heavy (non-hydrogen) atoms. The van der Waals surface area contributed by atoms with Crippen molar-refractivity contribution in [3.63, 3.8) is 0 Å². The zero-order valence-electron chi connectivity index (χ0n) is 20.2. The Labute approximate surface area is 214 Å². The first kappa shape index (κ1) is 30.8. The number of carbonyl (C=O) groups is 4. The first-order valence-corrected chi connectivity index (χ1v) is 14.0. The Morgan fingerprint density at radius 3 is 2.00 bits per heavy atom. The van der Waals surface area contributed by atoms with Crippen LogP contribution in [-0.4, -0.2) is 88.2 Å². The highest BCUT2D eigenvalue weighted by Gasteiger charge is 2.32. The predicted octanol–water partition coefficient (Wildman–Crippen LogP) is -0.0176. The van der Waals surface area contributed by atoms with Gasteiger partial charge in [-0.3, -0.25) is 14.4 Å². The largest absolute Gasteiger partial charge is 0.480 e. The second-order valence-electron chi connectivity index (χ2n) is 8.05. The normalized spacial score (nSPS) is 15.2. The Morgan fingerprint density at radius 2 is 1.46 bits per heavy atom. The van der Waals surface area contributed by atoms with E-state index in [1.807, 2.05) is 12.5 Å². The van der Waals surface area contributed by atoms with Crippen LogP contribution in [0.1, 0.15) is 25.3 Å². The summed E-state index contributed by atoms with van der Waals surface area (Å²) in [6.07, 6.45) is 3.20. The van der Waals surface area contributed by atoms with Crippen molar-refractivity contribution >= 4 is 47.2 Å². The third-order valence-corrected chi connectivity index (χ3v) is 6.46. The quantitative estimate of drug-likeness (QED) is 0.173. The zero-order chi connectivity index (χ0) is 26.4. The van der Waals surface area contributed by atoms with E-state index in [9.17, 15) is 29.4 Å². The summed E-state index contributed by atoms with van der Waals surface area (Å²) in [6, 6.07) is 4.34. The number of nitrogens with one attached hydrogen (secondary N) is 3. The highest BCUT2D eigenvalue weighted by molar-refractivity contribution is 7.98. The van der Waals surface area contributed by atoms with Crippen LogP contribution in [0.25, 0.3) is 0 Å². The maximum absolute atomic E-state index is 13.0. The SMILES string of the molecule is CSCCC(N)C(=O)NC(CCSC)C(=O)NC(C(=O)NC(Cc1ccccc1)C(=O)O)C(C)O. The van der Waals surface area contributed by atoms with Gasteiger partial charge in [0.15, 0.2) is 0 Å². The first-order chi connectivity index (χ1) is 16.6. The molecule has 0 aliphatic carbocycles. The smallest absolute Gasteiger partial charge is 0.326 e. The van der Waals surface area contributed by atoms with Gasteiger partial charge in [-0.1, -0.05) is 30.3 Å². The number of amides is 3. The number of rotatable bonds is 16. The average Bonchev–Trinajstić information content (AvgIpc) is 2.82. The predicted molar refractivity (Wildman–Crippen MR) is 139 cm³/mol. The van der Waals surface area contributed by atoms with E-state index in [0.29, 0.717) is 23.5 Å². The van der Waals surface area contributed by atoms with Gasteiger partial charge in [0.25, 0.3) is 0 Å². The van der Waals surface area contributed by atoms with Crippen LogP contribution < -0.4 is 21.7 Å². The van der Waals surface area contributed by atoms with Crippen molar-refractivity contribution in [2.24, 2.45) is 5.73 Å². The molecule has 1 aromatic rings. The van der Waals surface area contributed by atoms with Gasteiger partial charge in [0.05, 0.1) is 12.1 Å². The van der Waals surface area contributed by atoms with E-state index in [-0.39, 0.29) is 12.8 Å². The Hall–Kier alpha value is -2.28. The lowest BCUT2D eigenvalue weighted by Gasteiger charge is -2.26. The molecule has 0 fully saturated rings. The van der Waals surface area contributed by atoms with Crippen LogP contribution in [0.3, 0.4) is 0 Å². The van der Waals surface area contributed by atoms with Gasteiger partial charge in [0.2, 0.25) is 17.7 Å². The number of aliphatic hydroxyl groups excluding tert-OH is 1. The molecule has 0 aliphatic rings. The number of benzene rings is 1. The summed E-state index contributed by atoms with van der Waals surface area (Å²) < 4.78 is 0. The standard InChI is InChI=1S/C23H36N4O6S2/c1-14(28)19(22(31)26-18(23(32)33)13-15-7-5-4-6-8-15)27-21(30)17(10-12-35-3)25-20(29)16(24)9-11-34-2/h4-8,14,16-19,28H,9-13,24H2,1-3H3,(H,25,29)(H,26,31)(H,27,30)(H,32,33). The minimum Gasteiger partial charge on any atom is -0.480 e. The Balaban J connectivity index is 2.91. The van der Waals surface area contributed by atoms with E-state index in [4.69, 9.17) is 5.73 Å². The summed E-state index contributed by atoms with van der Waals surface area (Å²) in [6.45, 7) is 1.31. The Morgan fingerprint density at radius 1 is 0.886 bits per heavy atom. The second kappa shape index (κ2) is 16.4. The van der Waals surface area contributed by atoms with Crippen LogP contribution >= 0.6 is 23.5 Å². The molecular weight excluding hydrogens is 492 g/mol. The number of carbonyl (C=O) groups excluding carboxylic acids is 3. The highest BCUT2D eigenvalue weighted by Crippen LogP contribution is 2.07. The van der Waals surface area contributed by atoms with Crippen LogP contribution in [-0.2, 0) is 25.6 Å². The van der Waals surface area contributed by atoms with E-state index in [1.165, 1.54) is 18.7 Å². The number of thioether (sulfide) groups is 2. The molecule has 5 atom stereocenters. The summed E-state index contributed by atoms with van der Waals surface area (Å²) in [5, 5.41) is 27.2. The Kier molecular flexibility index (Phi) is 14.4. The van der Waals surface area contributed by atoms with Crippen molar-refractivity contribution in [3.8, 4) is 0 Å². The fourth-order valence-electron chi connectivity index (χ4n) is 3.13. The molecule has 0 spiro atoms. The van der Waals surface area contributed by atoms with Crippen molar-refractivity contribution in [1.82, 2.24) is 16.0 Å². The number of aliphatic hydroxyl groups is 1. The lowest BCUT2D eigenvalue weighted by atomic mass is 10.0. The average molecular weight is 529 g/mol. The molecule has 10 nitrogen and oxygen atoms in total. The molecule has 0 radical (unpaired) electrons. The molecule has 5 unspecified atom stereocenters. The van der Waals surface area contributed by atoms with Crippen molar-refractivity contribution in [2.45, 2.75) is 56.5 Å². The molecule has 0 saturated carbocycles. The molecule has 0 heterocycles. The topological polar surface area (TPSA) is 171 Å². The van der Waals surface area contributed by atoms with Crippen molar-refractivity contribution in [1.29, 1.82) is 0 Å². The number of nitrogens with two attached hydrogens (primary N) is 1. The van der Waals surface area contributed by atoms with Crippen LogP contribution in [0, 0.1) is 0 Å². The maximum atomic E-state index is 13.0. The third kappa shape index (κ3) is 11.3. The van der Waals surface area contributed by atoms with E-state index < -0.39 is 54.0 Å². The summed E-state index contributed by atoms with van der Waals surface area (Å²) in [4.78, 5) is 50.0. The van der Waals surface area contributed by atoms with Gasteiger partial charge in [0.1, 0.15) is 18.1 Å². The molecule has 0 aromatic heterocycles. The lowest BCUT2D eigenvalue weighted by Crippen LogP contribution is -2.60. The van der Waals surface area contributed by atoms with Crippen molar-refractivity contribution in [3.05, 3.63) is 35.9 Å². The molecule has 7 N–H and O–H groups in total. The summed E-state index contributed by atoms with van der Waals surface area (Å²) in [5.41, 5.74) is 6.61. The zero-order valence-corrected chi connectivity index (χ0v) is 21.9. The highest BCUT2D eigenvalue weighted by atomic mass is 32.2. The molecule has 0 bridgehead atoms. The summed E-state index contributed by atoms with van der Waals surface area (Å²) in [5.74, 6) is -1.99. The molecule has 1 aromatic carbocycles. The van der Waals surface area contributed by atoms with Gasteiger partial charge in [-0.25, -0.2) is 4.79 Å². The molecule has 0 saturated heterocycles. The number of carboxylic acid groups (broad SMARTS) is 1. The first-order valence-electron chi connectivity index (χ1n) is 11.2. The van der Waals surface area contributed by atoms with E-state index >= 15 is 0 Å².